The number of nitrogens with one attached hydrogen (secondary N) is 1. The lowest BCUT2D eigenvalue weighted by atomic mass is 10.0. The van der Waals surface area contributed by atoms with Crippen LogP contribution in [-0.2, 0) is 31.4 Å². The summed E-state index contributed by atoms with van der Waals surface area (Å²) in [5.74, 6) is -0.0510. The third-order valence-corrected chi connectivity index (χ3v) is 6.18. The number of fused-ring (bicyclic) bond motifs is 1. The Bertz CT molecular complexity index is 1110. The fourth-order valence-corrected chi connectivity index (χ4v) is 4.25. The number of aromatic nitrogens is 2. The van der Waals surface area contributed by atoms with Crippen LogP contribution < -0.4 is 10.2 Å². The predicted molar refractivity (Wildman–Crippen MR) is 124 cm³/mol. The Morgan fingerprint density at radius 2 is 1.84 bits per heavy atom. The molecule has 0 spiro atoms. The lowest BCUT2D eigenvalue weighted by Crippen LogP contribution is -2.39. The van der Waals surface area contributed by atoms with Gasteiger partial charge in [-0.05, 0) is 40.2 Å². The van der Waals surface area contributed by atoms with Gasteiger partial charge in [0, 0.05) is 48.4 Å². The maximum atomic E-state index is 12.9. The smallest absolute Gasteiger partial charge is 0.320 e. The van der Waals surface area contributed by atoms with Gasteiger partial charge in [0.2, 0.25) is 5.91 Å². The van der Waals surface area contributed by atoms with E-state index >= 15 is 0 Å². The number of hydrogen-bond acceptors (Lipinski definition) is 3. The van der Waals surface area contributed by atoms with Crippen molar-refractivity contribution >= 4 is 39.2 Å². The zero-order valence-electron chi connectivity index (χ0n) is 17.5. The van der Waals surface area contributed by atoms with Gasteiger partial charge in [0.15, 0.2) is 0 Å². The van der Waals surface area contributed by atoms with Crippen LogP contribution in [0, 0.1) is 0 Å². The van der Waals surface area contributed by atoms with E-state index in [9.17, 15) is 9.59 Å². The highest BCUT2D eigenvalue weighted by molar-refractivity contribution is 9.10. The maximum Gasteiger partial charge on any atom is 0.322 e. The molecule has 3 aromatic rings. The quantitative estimate of drug-likeness (QED) is 0.602. The van der Waals surface area contributed by atoms with E-state index in [4.69, 9.17) is 0 Å². The van der Waals surface area contributed by atoms with Crippen LogP contribution in [0.5, 0.6) is 0 Å². The summed E-state index contributed by atoms with van der Waals surface area (Å²) in [4.78, 5) is 28.7. The van der Waals surface area contributed by atoms with Crippen molar-refractivity contribution in [3.8, 4) is 0 Å². The summed E-state index contributed by atoms with van der Waals surface area (Å²) < 4.78 is 2.71. The molecular weight excluding hydrogens is 458 g/mol. The van der Waals surface area contributed by atoms with Crippen molar-refractivity contribution in [1.82, 2.24) is 14.7 Å². The number of aryl methyl sites for hydroxylation is 1. The van der Waals surface area contributed by atoms with Crippen molar-refractivity contribution in [2.45, 2.75) is 26.4 Å². The SMILES string of the molecule is CC(=O)N(Cc1nn(C)c2c1CN(C(=O)Nc1ccccc1Br)CC2)c1ccccc1. The van der Waals surface area contributed by atoms with Gasteiger partial charge in [-0.25, -0.2) is 4.79 Å². The average molecular weight is 482 g/mol. The van der Waals surface area contributed by atoms with E-state index in [1.54, 1.807) is 16.7 Å². The van der Waals surface area contributed by atoms with E-state index in [2.05, 4.69) is 26.3 Å². The Kier molecular flexibility index (Phi) is 6.08. The Balaban J connectivity index is 1.56. The minimum absolute atomic E-state index is 0.0510. The van der Waals surface area contributed by atoms with Crippen molar-refractivity contribution in [3.05, 3.63) is 76.0 Å². The molecule has 0 bridgehead atoms. The largest absolute Gasteiger partial charge is 0.322 e. The van der Waals surface area contributed by atoms with Crippen molar-refractivity contribution in [3.63, 3.8) is 0 Å². The number of carbonyl (C=O) groups excluding carboxylic acids is 2. The minimum Gasteiger partial charge on any atom is -0.320 e. The Morgan fingerprint density at radius 3 is 2.55 bits per heavy atom. The van der Waals surface area contributed by atoms with E-state index in [0.29, 0.717) is 26.1 Å². The third-order valence-electron chi connectivity index (χ3n) is 5.48. The number of halogens is 1. The topological polar surface area (TPSA) is 70.5 Å². The first-order valence-electron chi connectivity index (χ1n) is 10.1. The normalized spacial score (nSPS) is 12.9. The molecule has 0 unspecified atom stereocenters. The number of urea groups is 1. The predicted octanol–water partition coefficient (Wildman–Crippen LogP) is 4.33. The van der Waals surface area contributed by atoms with Crippen LogP contribution in [0.15, 0.2) is 59.1 Å². The number of para-hydroxylation sites is 2. The van der Waals surface area contributed by atoms with E-state index < -0.39 is 0 Å². The van der Waals surface area contributed by atoms with Crippen LogP contribution in [0.3, 0.4) is 0 Å². The highest BCUT2D eigenvalue weighted by atomic mass is 79.9. The molecule has 0 atom stereocenters. The van der Waals surface area contributed by atoms with Gasteiger partial charge in [-0.1, -0.05) is 30.3 Å². The second-order valence-electron chi connectivity index (χ2n) is 7.52. The molecule has 7 nitrogen and oxygen atoms in total. The van der Waals surface area contributed by atoms with E-state index in [1.165, 1.54) is 0 Å². The van der Waals surface area contributed by atoms with Gasteiger partial charge in [0.05, 0.1) is 24.5 Å². The van der Waals surface area contributed by atoms with Crippen molar-refractivity contribution in [2.24, 2.45) is 7.05 Å². The molecular formula is C23H24BrN5O2. The molecule has 1 N–H and O–H groups in total. The van der Waals surface area contributed by atoms with Crippen molar-refractivity contribution in [2.75, 3.05) is 16.8 Å². The molecule has 2 aromatic carbocycles. The number of carbonyl (C=O) groups is 2. The molecule has 0 aliphatic carbocycles. The second-order valence-corrected chi connectivity index (χ2v) is 8.37. The van der Waals surface area contributed by atoms with Crippen LogP contribution >= 0.6 is 15.9 Å². The summed E-state index contributed by atoms with van der Waals surface area (Å²) in [6.07, 6.45) is 0.716. The van der Waals surface area contributed by atoms with Crippen LogP contribution in [0.1, 0.15) is 23.9 Å². The number of anilines is 2. The molecule has 160 valence electrons. The van der Waals surface area contributed by atoms with Crippen molar-refractivity contribution in [1.29, 1.82) is 0 Å². The first-order valence-corrected chi connectivity index (χ1v) is 10.9. The fraction of sp³-hybridized carbons (Fsp3) is 0.261. The van der Waals surface area contributed by atoms with Gasteiger partial charge in [-0.2, -0.15) is 5.10 Å². The molecule has 3 amide bonds. The molecule has 1 aliphatic rings. The molecule has 0 saturated heterocycles. The van der Waals surface area contributed by atoms with Crippen molar-refractivity contribution < 1.29 is 9.59 Å². The number of benzene rings is 2. The maximum absolute atomic E-state index is 12.9. The van der Waals surface area contributed by atoms with E-state index in [-0.39, 0.29) is 11.9 Å². The van der Waals surface area contributed by atoms with E-state index in [1.807, 2.05) is 66.3 Å². The molecule has 0 fully saturated rings. The molecule has 4 rings (SSSR count). The molecule has 1 aromatic heterocycles. The Morgan fingerprint density at radius 1 is 1.13 bits per heavy atom. The molecule has 2 heterocycles. The summed E-state index contributed by atoms with van der Waals surface area (Å²) >= 11 is 3.47. The first-order chi connectivity index (χ1) is 14.9. The summed E-state index contributed by atoms with van der Waals surface area (Å²) in [6.45, 7) is 2.98. The second kappa shape index (κ2) is 8.93. The Hall–Kier alpha value is -3.13. The number of rotatable bonds is 4. The van der Waals surface area contributed by atoms with Gasteiger partial charge in [0.25, 0.3) is 0 Å². The van der Waals surface area contributed by atoms with E-state index in [0.717, 1.165) is 32.8 Å². The molecule has 31 heavy (non-hydrogen) atoms. The number of amides is 3. The summed E-state index contributed by atoms with van der Waals surface area (Å²) in [6, 6.07) is 16.9. The number of hydrogen-bond donors (Lipinski definition) is 1. The molecule has 1 aliphatic heterocycles. The monoisotopic (exact) mass is 481 g/mol. The fourth-order valence-electron chi connectivity index (χ4n) is 3.87. The number of nitrogens with zero attached hydrogens (tertiary/aromatic N) is 4. The lowest BCUT2D eigenvalue weighted by Gasteiger charge is -2.28. The Labute approximate surface area is 189 Å². The molecule has 0 saturated carbocycles. The van der Waals surface area contributed by atoms with Gasteiger partial charge in [-0.15, -0.1) is 0 Å². The van der Waals surface area contributed by atoms with Crippen LogP contribution in [0.25, 0.3) is 0 Å². The first kappa shape index (κ1) is 21.1. The van der Waals surface area contributed by atoms with Gasteiger partial charge < -0.3 is 15.1 Å². The minimum atomic E-state index is -0.154. The molecule has 0 radical (unpaired) electrons. The van der Waals surface area contributed by atoms with Gasteiger partial charge in [0.1, 0.15) is 0 Å². The third kappa shape index (κ3) is 4.49. The zero-order valence-corrected chi connectivity index (χ0v) is 19.1. The lowest BCUT2D eigenvalue weighted by molar-refractivity contribution is -0.116. The zero-order chi connectivity index (χ0) is 22.0. The van der Waals surface area contributed by atoms with Gasteiger partial charge >= 0.3 is 6.03 Å². The van der Waals surface area contributed by atoms with Crippen LogP contribution in [0.2, 0.25) is 0 Å². The summed E-state index contributed by atoms with van der Waals surface area (Å²) in [5.41, 5.74) is 4.50. The standard InChI is InChI=1S/C23H24BrN5O2/c1-16(30)29(17-8-4-3-5-9-17)15-21-18-14-28(13-12-22(18)27(2)26-21)23(31)25-20-11-7-6-10-19(20)24/h3-11H,12-15H2,1-2H3,(H,25,31). The highest BCUT2D eigenvalue weighted by Gasteiger charge is 2.28. The van der Waals surface area contributed by atoms with Gasteiger partial charge in [-0.3, -0.25) is 9.48 Å². The molecule has 8 heteroatoms. The average Bonchev–Trinajstić information content (AvgIpc) is 3.08. The summed E-state index contributed by atoms with van der Waals surface area (Å²) in [5, 5.41) is 7.66. The van der Waals surface area contributed by atoms with Crippen LogP contribution in [0.4, 0.5) is 16.2 Å². The highest BCUT2D eigenvalue weighted by Crippen LogP contribution is 2.27. The summed E-state index contributed by atoms with van der Waals surface area (Å²) in [7, 11) is 1.92. The van der Waals surface area contributed by atoms with Crippen LogP contribution in [-0.4, -0.2) is 33.2 Å².